The van der Waals surface area contributed by atoms with E-state index in [9.17, 15) is 4.79 Å². The molecule has 1 N–H and O–H groups in total. The highest BCUT2D eigenvalue weighted by molar-refractivity contribution is 6.30. The van der Waals surface area contributed by atoms with E-state index in [2.05, 4.69) is 5.32 Å². The molecule has 1 heterocycles. The number of carbonyl (C=O) groups excluding carboxylic acids is 1. The normalized spacial score (nSPS) is 18.6. The Labute approximate surface area is 124 Å². The minimum Gasteiger partial charge on any atom is -0.488 e. The molecule has 0 saturated heterocycles. The molecule has 1 aromatic carbocycles. The fraction of sp³-hybridized carbons (Fsp3) is 0.533. The standard InChI is InChI=1S/C15H20ClNO3/c1-9(2)14(15(18)19-3)17-8-12-7-10-6-11(16)4-5-13(10)20-12/h4-6,9,12,14,17H,7-8H2,1-3H3. The third-order valence-corrected chi connectivity index (χ3v) is 3.69. The SMILES string of the molecule is COC(=O)C(NCC1Cc2cc(Cl)ccc2O1)C(C)C. The molecule has 2 atom stereocenters. The number of methoxy groups -OCH3 is 1. The van der Waals surface area contributed by atoms with E-state index in [0.717, 1.165) is 22.8 Å². The molecule has 0 saturated carbocycles. The average Bonchev–Trinajstić information content (AvgIpc) is 2.79. The van der Waals surface area contributed by atoms with Gasteiger partial charge in [-0.25, -0.2) is 0 Å². The first kappa shape index (κ1) is 15.1. The lowest BCUT2D eigenvalue weighted by Gasteiger charge is -2.21. The van der Waals surface area contributed by atoms with Crippen molar-refractivity contribution in [3.63, 3.8) is 0 Å². The Balaban J connectivity index is 1.91. The van der Waals surface area contributed by atoms with Gasteiger partial charge in [0.15, 0.2) is 0 Å². The molecular weight excluding hydrogens is 278 g/mol. The Morgan fingerprint density at radius 1 is 1.55 bits per heavy atom. The maximum absolute atomic E-state index is 11.7. The summed E-state index contributed by atoms with van der Waals surface area (Å²) < 4.78 is 10.6. The number of fused-ring (bicyclic) bond motifs is 1. The lowest BCUT2D eigenvalue weighted by Crippen LogP contribution is -2.45. The summed E-state index contributed by atoms with van der Waals surface area (Å²) in [5.74, 6) is 0.805. The summed E-state index contributed by atoms with van der Waals surface area (Å²) in [7, 11) is 1.41. The van der Waals surface area contributed by atoms with E-state index in [1.165, 1.54) is 7.11 Å². The number of ether oxygens (including phenoxy) is 2. The van der Waals surface area contributed by atoms with Crippen molar-refractivity contribution in [2.45, 2.75) is 32.4 Å². The molecule has 5 heteroatoms. The van der Waals surface area contributed by atoms with Gasteiger partial charge < -0.3 is 14.8 Å². The van der Waals surface area contributed by atoms with Crippen LogP contribution in [0, 0.1) is 5.92 Å². The largest absolute Gasteiger partial charge is 0.488 e. The number of nitrogens with one attached hydrogen (secondary N) is 1. The second-order valence-corrected chi connectivity index (χ2v) is 5.79. The van der Waals surface area contributed by atoms with Crippen molar-refractivity contribution in [2.24, 2.45) is 5.92 Å². The van der Waals surface area contributed by atoms with Crippen molar-refractivity contribution < 1.29 is 14.3 Å². The van der Waals surface area contributed by atoms with E-state index in [-0.39, 0.29) is 24.0 Å². The van der Waals surface area contributed by atoms with Crippen molar-refractivity contribution >= 4 is 17.6 Å². The molecule has 4 nitrogen and oxygen atoms in total. The molecule has 1 aliphatic rings. The Morgan fingerprint density at radius 3 is 2.95 bits per heavy atom. The molecule has 1 aliphatic heterocycles. The molecule has 110 valence electrons. The molecule has 0 aromatic heterocycles. The summed E-state index contributed by atoms with van der Waals surface area (Å²) in [4.78, 5) is 11.7. The van der Waals surface area contributed by atoms with Gasteiger partial charge in [0.05, 0.1) is 7.11 Å². The van der Waals surface area contributed by atoms with Crippen LogP contribution in [0.1, 0.15) is 19.4 Å². The van der Waals surface area contributed by atoms with Gasteiger partial charge in [0.2, 0.25) is 0 Å². The van der Waals surface area contributed by atoms with E-state index in [1.807, 2.05) is 32.0 Å². The van der Waals surface area contributed by atoms with Crippen LogP contribution in [0.15, 0.2) is 18.2 Å². The second-order valence-electron chi connectivity index (χ2n) is 5.35. The van der Waals surface area contributed by atoms with Gasteiger partial charge in [-0.05, 0) is 29.7 Å². The maximum atomic E-state index is 11.7. The third-order valence-electron chi connectivity index (χ3n) is 3.45. The van der Waals surface area contributed by atoms with Crippen LogP contribution >= 0.6 is 11.6 Å². The van der Waals surface area contributed by atoms with Gasteiger partial charge in [-0.3, -0.25) is 4.79 Å². The topological polar surface area (TPSA) is 47.6 Å². The van der Waals surface area contributed by atoms with Crippen molar-refractivity contribution in [2.75, 3.05) is 13.7 Å². The summed E-state index contributed by atoms with van der Waals surface area (Å²) in [5.41, 5.74) is 1.11. The van der Waals surface area contributed by atoms with Gasteiger partial charge in [0.1, 0.15) is 17.9 Å². The van der Waals surface area contributed by atoms with Crippen molar-refractivity contribution in [3.8, 4) is 5.75 Å². The average molecular weight is 298 g/mol. The van der Waals surface area contributed by atoms with E-state index in [0.29, 0.717) is 6.54 Å². The van der Waals surface area contributed by atoms with Crippen LogP contribution in [0.25, 0.3) is 0 Å². The zero-order valence-electron chi connectivity index (χ0n) is 12.0. The highest BCUT2D eigenvalue weighted by Gasteiger charge is 2.27. The van der Waals surface area contributed by atoms with Gasteiger partial charge >= 0.3 is 5.97 Å². The van der Waals surface area contributed by atoms with Crippen molar-refractivity contribution in [3.05, 3.63) is 28.8 Å². The van der Waals surface area contributed by atoms with Crippen molar-refractivity contribution in [1.82, 2.24) is 5.32 Å². The lowest BCUT2D eigenvalue weighted by atomic mass is 10.0. The fourth-order valence-corrected chi connectivity index (χ4v) is 2.57. The Hall–Kier alpha value is -1.26. The molecule has 0 bridgehead atoms. The number of rotatable bonds is 5. The minimum atomic E-state index is -0.309. The van der Waals surface area contributed by atoms with Gasteiger partial charge in [-0.15, -0.1) is 0 Å². The molecule has 0 radical (unpaired) electrons. The summed E-state index contributed by atoms with van der Waals surface area (Å²) in [6.45, 7) is 4.57. The zero-order chi connectivity index (χ0) is 14.7. The van der Waals surface area contributed by atoms with Crippen LogP contribution in [-0.2, 0) is 16.0 Å². The number of esters is 1. The Morgan fingerprint density at radius 2 is 2.30 bits per heavy atom. The molecular formula is C15H20ClNO3. The first-order valence-electron chi connectivity index (χ1n) is 6.77. The molecule has 2 rings (SSSR count). The van der Waals surface area contributed by atoms with Crippen LogP contribution in [0.4, 0.5) is 0 Å². The first-order chi connectivity index (χ1) is 9.51. The number of halogens is 1. The molecule has 1 aromatic rings. The number of hydrogen-bond acceptors (Lipinski definition) is 4. The third kappa shape index (κ3) is 3.44. The predicted octanol–water partition coefficient (Wildman–Crippen LogP) is 2.43. The number of carbonyl (C=O) groups is 1. The van der Waals surface area contributed by atoms with E-state index >= 15 is 0 Å². The lowest BCUT2D eigenvalue weighted by molar-refractivity contribution is -0.144. The van der Waals surface area contributed by atoms with E-state index in [1.54, 1.807) is 0 Å². The maximum Gasteiger partial charge on any atom is 0.323 e. The Kier molecular flexibility index (Phi) is 4.89. The Bertz CT molecular complexity index is 490. The van der Waals surface area contributed by atoms with Gasteiger partial charge in [-0.2, -0.15) is 0 Å². The molecule has 0 spiro atoms. The van der Waals surface area contributed by atoms with Gasteiger partial charge in [-0.1, -0.05) is 25.4 Å². The molecule has 20 heavy (non-hydrogen) atoms. The van der Waals surface area contributed by atoms with Gasteiger partial charge in [0, 0.05) is 18.0 Å². The van der Waals surface area contributed by atoms with Crippen molar-refractivity contribution in [1.29, 1.82) is 0 Å². The van der Waals surface area contributed by atoms with E-state index < -0.39 is 0 Å². The summed E-state index contributed by atoms with van der Waals surface area (Å²) in [6, 6.07) is 5.33. The highest BCUT2D eigenvalue weighted by atomic mass is 35.5. The summed E-state index contributed by atoms with van der Waals surface area (Å²) >= 11 is 5.97. The monoisotopic (exact) mass is 297 g/mol. The number of hydrogen-bond donors (Lipinski definition) is 1. The molecule has 0 fully saturated rings. The predicted molar refractivity (Wildman–Crippen MR) is 78.2 cm³/mol. The first-order valence-corrected chi connectivity index (χ1v) is 7.15. The molecule has 0 amide bonds. The van der Waals surface area contributed by atoms with Crippen LogP contribution < -0.4 is 10.1 Å². The van der Waals surface area contributed by atoms with E-state index in [4.69, 9.17) is 21.1 Å². The molecule has 0 aliphatic carbocycles. The smallest absolute Gasteiger partial charge is 0.323 e. The second kappa shape index (κ2) is 6.46. The summed E-state index contributed by atoms with van der Waals surface area (Å²) in [5, 5.41) is 3.95. The van der Waals surface area contributed by atoms with Crippen LogP contribution in [-0.4, -0.2) is 31.8 Å². The van der Waals surface area contributed by atoms with Gasteiger partial charge in [0.25, 0.3) is 0 Å². The minimum absolute atomic E-state index is 0.0226. The van der Waals surface area contributed by atoms with Crippen LogP contribution in [0.5, 0.6) is 5.75 Å². The highest BCUT2D eigenvalue weighted by Crippen LogP contribution is 2.30. The quantitative estimate of drug-likeness (QED) is 0.848. The number of benzene rings is 1. The fourth-order valence-electron chi connectivity index (χ4n) is 2.38. The summed E-state index contributed by atoms with van der Waals surface area (Å²) in [6.07, 6.45) is 0.823. The zero-order valence-corrected chi connectivity index (χ0v) is 12.7. The molecule has 2 unspecified atom stereocenters. The van der Waals surface area contributed by atoms with Crippen LogP contribution in [0.3, 0.4) is 0 Å². The van der Waals surface area contributed by atoms with Crippen LogP contribution in [0.2, 0.25) is 5.02 Å².